The molecule has 13 heteroatoms. The molecule has 2 aromatic heterocycles. The van der Waals surface area contributed by atoms with E-state index in [-0.39, 0.29) is 41.7 Å². The number of nitrogens with zero attached hydrogens (tertiary/aromatic N) is 5. The van der Waals surface area contributed by atoms with Gasteiger partial charge in [-0.3, -0.25) is 4.79 Å². The molecule has 1 amide bonds. The second-order valence-electron chi connectivity index (χ2n) is 10.2. The molecule has 0 radical (unpaired) electrons. The lowest BCUT2D eigenvalue weighted by atomic mass is 9.96. The maximum absolute atomic E-state index is 14.0. The summed E-state index contributed by atoms with van der Waals surface area (Å²) in [6.07, 6.45) is 1.78. The van der Waals surface area contributed by atoms with Gasteiger partial charge in [-0.1, -0.05) is 12.1 Å². The topological polar surface area (TPSA) is 120 Å². The van der Waals surface area contributed by atoms with Crippen LogP contribution in [0, 0.1) is 12.3 Å². The summed E-state index contributed by atoms with van der Waals surface area (Å²) in [7, 11) is 3.71. The lowest BCUT2D eigenvalue weighted by Crippen LogP contribution is -2.28. The first-order valence-electron chi connectivity index (χ1n) is 13.1. The Kier molecular flexibility index (Phi) is 10.9. The van der Waals surface area contributed by atoms with Gasteiger partial charge in [0.2, 0.25) is 5.95 Å². The molecule has 0 saturated carbocycles. The van der Waals surface area contributed by atoms with Crippen molar-refractivity contribution in [3.8, 4) is 11.3 Å². The quantitative estimate of drug-likeness (QED) is 0.173. The van der Waals surface area contributed by atoms with E-state index < -0.39 is 17.6 Å². The number of alkyl halides is 3. The van der Waals surface area contributed by atoms with Crippen LogP contribution < -0.4 is 10.6 Å². The summed E-state index contributed by atoms with van der Waals surface area (Å²) in [5.74, 6) is -0.389. The van der Waals surface area contributed by atoms with Crippen LogP contribution in [-0.4, -0.2) is 56.6 Å². The lowest BCUT2D eigenvalue weighted by molar-refractivity contribution is -0.138. The van der Waals surface area contributed by atoms with E-state index in [1.807, 2.05) is 32.8 Å². The third kappa shape index (κ3) is 8.79. The molecular weight excluding hydrogens is 581 g/mol. The molecule has 2 heterocycles. The number of carbonyl (C=O) groups excluding carboxylic acids is 1. The molecule has 4 rings (SSSR count). The number of rotatable bonds is 10. The van der Waals surface area contributed by atoms with Gasteiger partial charge >= 0.3 is 6.18 Å². The van der Waals surface area contributed by atoms with Crippen molar-refractivity contribution in [3.63, 3.8) is 0 Å². The number of nitrogens with one attached hydrogen (secondary N) is 3. The second kappa shape index (κ2) is 14.2. The molecule has 0 aliphatic rings. The Balaban J connectivity index is 0.00000506. The second-order valence-corrected chi connectivity index (χ2v) is 10.2. The van der Waals surface area contributed by atoms with E-state index in [0.717, 1.165) is 11.6 Å². The minimum absolute atomic E-state index is 0. The van der Waals surface area contributed by atoms with Gasteiger partial charge in [0, 0.05) is 65.7 Å². The number of halogens is 4. The van der Waals surface area contributed by atoms with Crippen LogP contribution in [0.25, 0.3) is 11.3 Å². The van der Waals surface area contributed by atoms with E-state index in [0.29, 0.717) is 35.0 Å². The molecule has 0 fully saturated rings. The Morgan fingerprint density at radius 2 is 1.79 bits per heavy atom. The van der Waals surface area contributed by atoms with Crippen molar-refractivity contribution in [1.82, 2.24) is 24.8 Å². The molecular formula is C30H32ClF3N8O. The minimum Gasteiger partial charge on any atom is -0.324 e. The molecule has 226 valence electrons. The summed E-state index contributed by atoms with van der Waals surface area (Å²) in [5.41, 5.74) is 2.21. The van der Waals surface area contributed by atoms with Crippen molar-refractivity contribution < 1.29 is 18.0 Å². The third-order valence-electron chi connectivity index (χ3n) is 6.76. The molecule has 4 aromatic rings. The average Bonchev–Trinajstić information content (AvgIpc) is 2.95. The van der Waals surface area contributed by atoms with E-state index in [4.69, 9.17) is 5.41 Å². The van der Waals surface area contributed by atoms with Crippen molar-refractivity contribution in [2.24, 2.45) is 0 Å². The van der Waals surface area contributed by atoms with Crippen LogP contribution in [0.4, 0.5) is 30.5 Å². The van der Waals surface area contributed by atoms with Gasteiger partial charge in [-0.25, -0.2) is 19.9 Å². The predicted molar refractivity (Wildman–Crippen MR) is 163 cm³/mol. The number of aromatic nitrogens is 4. The van der Waals surface area contributed by atoms with Crippen molar-refractivity contribution >= 4 is 41.3 Å². The molecule has 0 aliphatic heterocycles. The van der Waals surface area contributed by atoms with Gasteiger partial charge in [0.25, 0.3) is 5.91 Å². The van der Waals surface area contributed by atoms with Crippen LogP contribution in [-0.2, 0) is 12.6 Å². The molecule has 9 nitrogen and oxygen atoms in total. The van der Waals surface area contributed by atoms with Gasteiger partial charge in [-0.05, 0) is 69.4 Å². The van der Waals surface area contributed by atoms with Gasteiger partial charge in [0.15, 0.2) is 0 Å². The summed E-state index contributed by atoms with van der Waals surface area (Å²) < 4.78 is 41.9. The molecule has 0 unspecified atom stereocenters. The first-order valence-corrected chi connectivity index (χ1v) is 13.1. The third-order valence-corrected chi connectivity index (χ3v) is 6.76. The van der Waals surface area contributed by atoms with Crippen LogP contribution in [0.2, 0.25) is 0 Å². The number of hydrogen-bond donors (Lipinski definition) is 3. The molecule has 1 atom stereocenters. The van der Waals surface area contributed by atoms with Gasteiger partial charge in [-0.2, -0.15) is 13.2 Å². The SMILES string of the molecule is Cc1ccc(NC(=O)c2ccc(CC(=N)C[C@@H](C)N(C)C)c(C(F)(F)F)c2)cc1Nc1nccc(-c2cncnc2)n1.Cl. The van der Waals surface area contributed by atoms with Gasteiger partial charge in [-0.15, -0.1) is 12.4 Å². The Morgan fingerprint density at radius 3 is 2.47 bits per heavy atom. The van der Waals surface area contributed by atoms with Crippen LogP contribution >= 0.6 is 12.4 Å². The van der Waals surface area contributed by atoms with E-state index in [1.54, 1.807) is 42.9 Å². The standard InChI is InChI=1S/C30H31F3N8O.ClH/c1-18-5-8-24(14-27(18)40-29-37-10-9-26(39-29)22-15-35-17-36-16-22)38-28(42)21-7-6-20(25(13-21)30(31,32)33)12-23(34)11-19(2)41(3)4;/h5-10,13-17,19,34H,11-12H2,1-4H3,(H,38,42)(H,37,39,40);1H/t19-;/m1./s1. The molecule has 43 heavy (non-hydrogen) atoms. The fraction of sp³-hybridized carbons (Fsp3) is 0.267. The van der Waals surface area contributed by atoms with Gasteiger partial charge in [0.05, 0.1) is 11.3 Å². The summed E-state index contributed by atoms with van der Waals surface area (Å²) in [5, 5.41) is 14.0. The summed E-state index contributed by atoms with van der Waals surface area (Å²) in [6.45, 7) is 3.76. The number of anilines is 3. The zero-order chi connectivity index (χ0) is 30.4. The minimum atomic E-state index is -4.68. The van der Waals surface area contributed by atoms with E-state index in [2.05, 4.69) is 30.6 Å². The highest BCUT2D eigenvalue weighted by Gasteiger charge is 2.34. The molecule has 0 spiro atoms. The van der Waals surface area contributed by atoms with E-state index in [1.165, 1.54) is 18.5 Å². The monoisotopic (exact) mass is 612 g/mol. The Labute approximate surface area is 253 Å². The number of hydrogen-bond acceptors (Lipinski definition) is 8. The van der Waals surface area contributed by atoms with Crippen molar-refractivity contribution in [1.29, 1.82) is 5.41 Å². The molecule has 0 bridgehead atoms. The largest absolute Gasteiger partial charge is 0.416 e. The normalized spacial score (nSPS) is 11.9. The Bertz CT molecular complexity index is 1580. The number of carbonyl (C=O) groups is 1. The molecule has 3 N–H and O–H groups in total. The summed E-state index contributed by atoms with van der Waals surface area (Å²) in [4.78, 5) is 31.7. The smallest absolute Gasteiger partial charge is 0.324 e. The van der Waals surface area contributed by atoms with Crippen molar-refractivity contribution in [2.45, 2.75) is 38.9 Å². The highest BCUT2D eigenvalue weighted by Crippen LogP contribution is 2.34. The van der Waals surface area contributed by atoms with E-state index >= 15 is 0 Å². The predicted octanol–water partition coefficient (Wildman–Crippen LogP) is 6.58. The first-order chi connectivity index (χ1) is 19.9. The maximum atomic E-state index is 14.0. The summed E-state index contributed by atoms with van der Waals surface area (Å²) in [6, 6.07) is 10.3. The van der Waals surface area contributed by atoms with E-state index in [9.17, 15) is 18.0 Å². The summed E-state index contributed by atoms with van der Waals surface area (Å²) >= 11 is 0. The molecule has 0 saturated heterocycles. The van der Waals surface area contributed by atoms with Gasteiger partial charge in [0.1, 0.15) is 6.33 Å². The van der Waals surface area contributed by atoms with Crippen LogP contribution in [0.5, 0.6) is 0 Å². The molecule has 2 aromatic carbocycles. The van der Waals surface area contributed by atoms with Crippen molar-refractivity contribution in [2.75, 3.05) is 24.7 Å². The Hall–Kier alpha value is -4.42. The van der Waals surface area contributed by atoms with Crippen LogP contribution in [0.1, 0.15) is 40.4 Å². The number of amides is 1. The maximum Gasteiger partial charge on any atom is 0.416 e. The zero-order valence-corrected chi connectivity index (χ0v) is 24.8. The lowest BCUT2D eigenvalue weighted by Gasteiger charge is -2.21. The highest BCUT2D eigenvalue weighted by atomic mass is 35.5. The molecule has 0 aliphatic carbocycles. The van der Waals surface area contributed by atoms with Gasteiger partial charge < -0.3 is 20.9 Å². The first kappa shape index (κ1) is 33.1. The van der Waals surface area contributed by atoms with Crippen molar-refractivity contribution in [3.05, 3.63) is 89.6 Å². The Morgan fingerprint density at radius 1 is 1.07 bits per heavy atom. The van der Waals surface area contributed by atoms with Crippen LogP contribution in [0.15, 0.2) is 67.4 Å². The number of aryl methyl sites for hydroxylation is 1. The zero-order valence-electron chi connectivity index (χ0n) is 24.0. The van der Waals surface area contributed by atoms with Crippen LogP contribution in [0.3, 0.4) is 0 Å². The average molecular weight is 613 g/mol. The fourth-order valence-corrected chi connectivity index (χ4v) is 4.15. The highest BCUT2D eigenvalue weighted by molar-refractivity contribution is 6.04. The number of benzene rings is 2. The fourth-order valence-electron chi connectivity index (χ4n) is 4.15.